The molecular weight excluding hydrogens is 280 g/mol. The molecule has 1 aromatic heterocycles. The third-order valence-corrected chi connectivity index (χ3v) is 5.57. The van der Waals surface area contributed by atoms with Gasteiger partial charge in [0.15, 0.2) is 0 Å². The average molecular weight is 304 g/mol. The fourth-order valence-corrected chi connectivity index (χ4v) is 4.24. The van der Waals surface area contributed by atoms with Crippen molar-refractivity contribution in [2.24, 2.45) is 7.05 Å². The van der Waals surface area contributed by atoms with Gasteiger partial charge in [0.2, 0.25) is 0 Å². The van der Waals surface area contributed by atoms with Crippen LogP contribution in [0.5, 0.6) is 0 Å². The molecule has 0 spiro atoms. The van der Waals surface area contributed by atoms with Gasteiger partial charge < -0.3 is 4.57 Å². The van der Waals surface area contributed by atoms with Gasteiger partial charge in [0.05, 0.1) is 11.0 Å². The van der Waals surface area contributed by atoms with Gasteiger partial charge >= 0.3 is 0 Å². The Balaban J connectivity index is 1.77. The molecule has 1 saturated carbocycles. The van der Waals surface area contributed by atoms with Gasteiger partial charge in [0.25, 0.3) is 0 Å². The van der Waals surface area contributed by atoms with Crippen LogP contribution in [0.2, 0.25) is 0 Å². The van der Waals surface area contributed by atoms with Crippen LogP contribution < -0.4 is 0 Å². The van der Waals surface area contributed by atoms with E-state index in [1.54, 1.807) is 0 Å². The Hall–Kier alpha value is -2.09. The van der Waals surface area contributed by atoms with E-state index >= 15 is 0 Å². The van der Waals surface area contributed by atoms with Crippen LogP contribution >= 0.6 is 0 Å². The Morgan fingerprint density at radius 1 is 0.913 bits per heavy atom. The molecule has 0 saturated heterocycles. The van der Waals surface area contributed by atoms with Crippen molar-refractivity contribution in [3.63, 3.8) is 0 Å². The Morgan fingerprint density at radius 2 is 1.61 bits per heavy atom. The molecule has 1 fully saturated rings. The lowest BCUT2D eigenvalue weighted by atomic mass is 9.67. The number of para-hydroxylation sites is 2. The van der Waals surface area contributed by atoms with Gasteiger partial charge in [0, 0.05) is 18.9 Å². The second-order valence-corrected chi connectivity index (χ2v) is 6.96. The van der Waals surface area contributed by atoms with Gasteiger partial charge in [0.1, 0.15) is 5.82 Å². The summed E-state index contributed by atoms with van der Waals surface area (Å²) >= 11 is 0. The zero-order valence-electron chi connectivity index (χ0n) is 13.8. The second kappa shape index (κ2) is 5.84. The topological polar surface area (TPSA) is 17.8 Å². The number of rotatable bonds is 3. The summed E-state index contributed by atoms with van der Waals surface area (Å²) in [4.78, 5) is 4.94. The van der Waals surface area contributed by atoms with E-state index in [0.29, 0.717) is 0 Å². The van der Waals surface area contributed by atoms with Crippen LogP contribution in [-0.2, 0) is 18.9 Å². The zero-order valence-corrected chi connectivity index (χ0v) is 13.8. The molecule has 0 radical (unpaired) electrons. The van der Waals surface area contributed by atoms with Gasteiger partial charge in [-0.3, -0.25) is 0 Å². The summed E-state index contributed by atoms with van der Waals surface area (Å²) in [5, 5.41) is 0. The minimum absolute atomic E-state index is 0.259. The molecule has 0 bridgehead atoms. The summed E-state index contributed by atoms with van der Waals surface area (Å²) in [7, 11) is 2.16. The van der Waals surface area contributed by atoms with Gasteiger partial charge in [-0.1, -0.05) is 61.7 Å². The number of aromatic nitrogens is 2. The van der Waals surface area contributed by atoms with Crippen molar-refractivity contribution in [2.45, 2.75) is 43.9 Å². The summed E-state index contributed by atoms with van der Waals surface area (Å²) < 4.78 is 2.29. The predicted molar refractivity (Wildman–Crippen MR) is 95.6 cm³/mol. The van der Waals surface area contributed by atoms with E-state index in [-0.39, 0.29) is 5.41 Å². The quantitative estimate of drug-likeness (QED) is 0.664. The van der Waals surface area contributed by atoms with E-state index in [2.05, 4.69) is 66.2 Å². The Morgan fingerprint density at radius 3 is 2.35 bits per heavy atom. The molecule has 0 amide bonds. The van der Waals surface area contributed by atoms with Crippen molar-refractivity contribution in [2.75, 3.05) is 0 Å². The predicted octanol–water partition coefficient (Wildman–Crippen LogP) is 5.02. The molecule has 3 aromatic rings. The van der Waals surface area contributed by atoms with Crippen LogP contribution in [0.15, 0.2) is 54.6 Å². The molecule has 4 rings (SSSR count). The van der Waals surface area contributed by atoms with Crippen LogP contribution in [-0.4, -0.2) is 9.55 Å². The van der Waals surface area contributed by atoms with Crippen LogP contribution in [0.25, 0.3) is 11.0 Å². The monoisotopic (exact) mass is 304 g/mol. The molecule has 0 aliphatic heterocycles. The maximum Gasteiger partial charge on any atom is 0.110 e. The molecule has 2 heteroatoms. The fraction of sp³-hybridized carbons (Fsp3) is 0.381. The standard InChI is InChI=1S/C21H24N2/c1-23-19-13-7-6-12-18(19)22-20(23)16-21(14-8-3-9-15-21)17-10-4-2-5-11-17/h2,4-7,10-13H,3,8-9,14-16H2,1H3. The molecule has 2 nitrogen and oxygen atoms in total. The SMILES string of the molecule is Cn1c(CC2(c3ccccc3)CCCCC2)nc2ccccc21. The molecule has 0 N–H and O–H groups in total. The first kappa shape index (κ1) is 14.5. The lowest BCUT2D eigenvalue weighted by molar-refractivity contribution is 0.284. The van der Waals surface area contributed by atoms with Crippen molar-refractivity contribution in [1.82, 2.24) is 9.55 Å². The molecular formula is C21H24N2. The summed E-state index contributed by atoms with van der Waals surface area (Å²) in [6.07, 6.45) is 7.64. The van der Waals surface area contributed by atoms with Crippen molar-refractivity contribution in [1.29, 1.82) is 0 Å². The molecule has 23 heavy (non-hydrogen) atoms. The highest BCUT2D eigenvalue weighted by Crippen LogP contribution is 2.42. The molecule has 0 atom stereocenters. The summed E-state index contributed by atoms with van der Waals surface area (Å²) in [6, 6.07) is 19.6. The Labute approximate surface area is 138 Å². The molecule has 118 valence electrons. The first-order valence-electron chi connectivity index (χ1n) is 8.74. The minimum Gasteiger partial charge on any atom is -0.331 e. The number of hydrogen-bond acceptors (Lipinski definition) is 1. The maximum atomic E-state index is 4.94. The molecule has 2 aromatic carbocycles. The fourth-order valence-electron chi connectivity index (χ4n) is 4.24. The summed E-state index contributed by atoms with van der Waals surface area (Å²) in [6.45, 7) is 0. The summed E-state index contributed by atoms with van der Waals surface area (Å²) in [5.74, 6) is 1.22. The van der Waals surface area contributed by atoms with Gasteiger partial charge in [-0.15, -0.1) is 0 Å². The van der Waals surface area contributed by atoms with E-state index in [1.807, 2.05) is 0 Å². The number of aryl methyl sites for hydroxylation is 1. The number of hydrogen-bond donors (Lipinski definition) is 0. The molecule has 1 aliphatic carbocycles. The Bertz CT molecular complexity index is 795. The third kappa shape index (κ3) is 2.56. The smallest absolute Gasteiger partial charge is 0.110 e. The van der Waals surface area contributed by atoms with E-state index in [9.17, 15) is 0 Å². The highest BCUT2D eigenvalue weighted by atomic mass is 15.1. The van der Waals surface area contributed by atoms with E-state index in [1.165, 1.54) is 49.0 Å². The highest BCUT2D eigenvalue weighted by Gasteiger charge is 2.35. The van der Waals surface area contributed by atoms with Crippen LogP contribution in [0.3, 0.4) is 0 Å². The third-order valence-electron chi connectivity index (χ3n) is 5.57. The molecule has 1 aliphatic rings. The van der Waals surface area contributed by atoms with Crippen molar-refractivity contribution in [3.8, 4) is 0 Å². The zero-order chi connectivity index (χ0) is 15.7. The van der Waals surface area contributed by atoms with Crippen LogP contribution in [0.1, 0.15) is 43.5 Å². The van der Waals surface area contributed by atoms with Crippen LogP contribution in [0, 0.1) is 0 Å². The molecule has 1 heterocycles. The highest BCUT2D eigenvalue weighted by molar-refractivity contribution is 5.75. The van der Waals surface area contributed by atoms with Gasteiger partial charge in [-0.25, -0.2) is 4.98 Å². The largest absolute Gasteiger partial charge is 0.331 e. The van der Waals surface area contributed by atoms with E-state index < -0.39 is 0 Å². The lowest BCUT2D eigenvalue weighted by Crippen LogP contribution is -2.32. The normalized spacial score (nSPS) is 17.4. The van der Waals surface area contributed by atoms with Crippen LogP contribution in [0.4, 0.5) is 0 Å². The van der Waals surface area contributed by atoms with Gasteiger partial charge in [-0.05, 0) is 30.5 Å². The first-order valence-corrected chi connectivity index (χ1v) is 8.74. The molecule has 0 unspecified atom stereocenters. The van der Waals surface area contributed by atoms with Crippen molar-refractivity contribution >= 4 is 11.0 Å². The van der Waals surface area contributed by atoms with E-state index in [0.717, 1.165) is 11.9 Å². The number of imidazole rings is 1. The number of nitrogens with zero attached hydrogens (tertiary/aromatic N) is 2. The maximum absolute atomic E-state index is 4.94. The van der Waals surface area contributed by atoms with Crippen molar-refractivity contribution < 1.29 is 0 Å². The summed E-state index contributed by atoms with van der Waals surface area (Å²) in [5.41, 5.74) is 4.10. The second-order valence-electron chi connectivity index (χ2n) is 6.96. The van der Waals surface area contributed by atoms with E-state index in [4.69, 9.17) is 4.98 Å². The minimum atomic E-state index is 0.259. The lowest BCUT2D eigenvalue weighted by Gasteiger charge is -2.37. The first-order chi connectivity index (χ1) is 11.3. The number of fused-ring (bicyclic) bond motifs is 1. The van der Waals surface area contributed by atoms with Crippen molar-refractivity contribution in [3.05, 3.63) is 66.0 Å². The van der Waals surface area contributed by atoms with Gasteiger partial charge in [-0.2, -0.15) is 0 Å². The average Bonchev–Trinajstić information content (AvgIpc) is 2.93. The number of benzene rings is 2. The Kier molecular flexibility index (Phi) is 3.68.